The Morgan fingerprint density at radius 3 is 2.71 bits per heavy atom. The van der Waals surface area contributed by atoms with Gasteiger partial charge >= 0.3 is 0 Å². The molecule has 0 N–H and O–H groups in total. The number of halogens is 1. The lowest BCUT2D eigenvalue weighted by molar-refractivity contribution is -0.118. The van der Waals surface area contributed by atoms with Crippen LogP contribution in [0.2, 0.25) is 0 Å². The average Bonchev–Trinajstić information content (AvgIpc) is 2.29. The van der Waals surface area contributed by atoms with Crippen molar-refractivity contribution in [3.63, 3.8) is 0 Å². The molecule has 0 amide bonds. The van der Waals surface area contributed by atoms with Crippen molar-refractivity contribution in [2.24, 2.45) is 0 Å². The second-order valence-corrected chi connectivity index (χ2v) is 5.08. The zero-order valence-corrected chi connectivity index (χ0v) is 12.1. The minimum atomic E-state index is 0.243. The first kappa shape index (κ1) is 14.2. The van der Waals surface area contributed by atoms with Gasteiger partial charge < -0.3 is 9.64 Å². The van der Waals surface area contributed by atoms with Gasteiger partial charge in [0.15, 0.2) is 0 Å². The normalized spacial score (nSPS) is 10.6. The van der Waals surface area contributed by atoms with Gasteiger partial charge in [-0.3, -0.25) is 4.79 Å². The fourth-order valence-electron chi connectivity index (χ4n) is 1.46. The van der Waals surface area contributed by atoms with E-state index in [1.807, 2.05) is 37.2 Å². The van der Waals surface area contributed by atoms with Crippen LogP contribution in [0.5, 0.6) is 5.75 Å². The number of ether oxygens (including phenoxy) is 1. The van der Waals surface area contributed by atoms with Crippen molar-refractivity contribution in [3.05, 3.63) is 28.2 Å². The van der Waals surface area contributed by atoms with Crippen molar-refractivity contribution in [2.75, 3.05) is 27.7 Å². The smallest absolute Gasteiger partial charge is 0.138 e. The van der Waals surface area contributed by atoms with E-state index in [-0.39, 0.29) is 5.78 Å². The fraction of sp³-hybridized carbons (Fsp3) is 0.462. The maximum atomic E-state index is 11.8. The average molecular weight is 300 g/mol. The highest BCUT2D eigenvalue weighted by atomic mass is 79.9. The van der Waals surface area contributed by atoms with Crippen molar-refractivity contribution in [2.45, 2.75) is 12.8 Å². The predicted molar refractivity (Wildman–Crippen MR) is 72.6 cm³/mol. The molecule has 1 aromatic carbocycles. The molecule has 17 heavy (non-hydrogen) atoms. The monoisotopic (exact) mass is 299 g/mol. The molecule has 0 saturated carbocycles. The molecule has 0 heterocycles. The Morgan fingerprint density at radius 1 is 1.41 bits per heavy atom. The molecular formula is C13H18BrNO2. The Kier molecular flexibility index (Phi) is 5.65. The van der Waals surface area contributed by atoms with E-state index in [4.69, 9.17) is 4.74 Å². The number of Topliss-reactive ketones (excluding diaryl/α,β-unsaturated/α-hetero) is 1. The molecule has 0 aliphatic heterocycles. The molecule has 0 unspecified atom stereocenters. The first-order valence-electron chi connectivity index (χ1n) is 5.51. The summed E-state index contributed by atoms with van der Waals surface area (Å²) in [4.78, 5) is 13.8. The van der Waals surface area contributed by atoms with Gasteiger partial charge in [0.2, 0.25) is 0 Å². The van der Waals surface area contributed by atoms with Crippen LogP contribution in [0.25, 0.3) is 0 Å². The number of carbonyl (C=O) groups is 1. The van der Waals surface area contributed by atoms with Crippen LogP contribution in [0, 0.1) is 0 Å². The highest BCUT2D eigenvalue weighted by Crippen LogP contribution is 2.23. The van der Waals surface area contributed by atoms with E-state index in [9.17, 15) is 4.79 Å². The summed E-state index contributed by atoms with van der Waals surface area (Å²) in [5.41, 5.74) is 0.980. The predicted octanol–water partition coefficient (Wildman–Crippen LogP) is 2.52. The maximum absolute atomic E-state index is 11.8. The number of rotatable bonds is 6. The van der Waals surface area contributed by atoms with Crippen LogP contribution in [0.4, 0.5) is 0 Å². The van der Waals surface area contributed by atoms with Gasteiger partial charge in [0.05, 0.1) is 7.11 Å². The van der Waals surface area contributed by atoms with Crippen LogP contribution >= 0.6 is 15.9 Å². The third-order valence-electron chi connectivity index (χ3n) is 2.48. The molecule has 0 aliphatic carbocycles. The van der Waals surface area contributed by atoms with Crippen LogP contribution in [0.1, 0.15) is 12.0 Å². The quantitative estimate of drug-likeness (QED) is 0.808. The van der Waals surface area contributed by atoms with Crippen LogP contribution in [-0.4, -0.2) is 38.4 Å². The molecule has 3 nitrogen and oxygen atoms in total. The molecular weight excluding hydrogens is 282 g/mol. The molecule has 4 heteroatoms. The topological polar surface area (TPSA) is 29.5 Å². The van der Waals surface area contributed by atoms with Gasteiger partial charge in [0.1, 0.15) is 11.5 Å². The standard InChI is InChI=1S/C13H18BrNO2/c1-15(2)7-6-11(16)8-10-9-12(17-3)4-5-13(10)14/h4-5,9H,6-8H2,1-3H3. The molecule has 0 aromatic heterocycles. The van der Waals surface area contributed by atoms with E-state index in [1.165, 1.54) is 0 Å². The Hall–Kier alpha value is -0.870. The van der Waals surface area contributed by atoms with E-state index in [1.54, 1.807) is 7.11 Å². The van der Waals surface area contributed by atoms with Crippen LogP contribution in [0.3, 0.4) is 0 Å². The summed E-state index contributed by atoms with van der Waals surface area (Å²) in [5, 5.41) is 0. The third kappa shape index (κ3) is 4.88. The summed E-state index contributed by atoms with van der Waals surface area (Å²) in [7, 11) is 5.56. The van der Waals surface area contributed by atoms with Crippen LogP contribution in [0.15, 0.2) is 22.7 Å². The number of benzene rings is 1. The molecule has 1 rings (SSSR count). The summed E-state index contributed by atoms with van der Waals surface area (Å²) in [6.45, 7) is 0.792. The van der Waals surface area contributed by atoms with Crippen molar-refractivity contribution in [3.8, 4) is 5.75 Å². The van der Waals surface area contributed by atoms with E-state index in [0.29, 0.717) is 12.8 Å². The highest BCUT2D eigenvalue weighted by molar-refractivity contribution is 9.10. The van der Waals surface area contributed by atoms with E-state index >= 15 is 0 Å². The number of nitrogens with zero attached hydrogens (tertiary/aromatic N) is 1. The second kappa shape index (κ2) is 6.77. The van der Waals surface area contributed by atoms with Gasteiger partial charge in [0.25, 0.3) is 0 Å². The zero-order chi connectivity index (χ0) is 12.8. The zero-order valence-electron chi connectivity index (χ0n) is 10.5. The fourth-order valence-corrected chi connectivity index (χ4v) is 1.85. The van der Waals surface area contributed by atoms with Gasteiger partial charge in [-0.05, 0) is 37.9 Å². The number of hydrogen-bond acceptors (Lipinski definition) is 3. The highest BCUT2D eigenvalue weighted by Gasteiger charge is 2.08. The molecule has 0 spiro atoms. The lowest BCUT2D eigenvalue weighted by Crippen LogP contribution is -2.17. The molecule has 1 aromatic rings. The summed E-state index contributed by atoms with van der Waals surface area (Å²) in [6.07, 6.45) is 1.03. The maximum Gasteiger partial charge on any atom is 0.138 e. The largest absolute Gasteiger partial charge is 0.497 e. The number of ketones is 1. The molecule has 94 valence electrons. The Balaban J connectivity index is 2.64. The molecule has 0 atom stereocenters. The summed E-state index contributed by atoms with van der Waals surface area (Å²) in [6, 6.07) is 5.68. The third-order valence-corrected chi connectivity index (χ3v) is 3.25. The Bertz CT molecular complexity index is 391. The number of carbonyl (C=O) groups excluding carboxylic acids is 1. The van der Waals surface area contributed by atoms with Gasteiger partial charge in [-0.2, -0.15) is 0 Å². The van der Waals surface area contributed by atoms with Gasteiger partial charge in [-0.15, -0.1) is 0 Å². The van der Waals surface area contributed by atoms with Crippen molar-refractivity contribution in [1.82, 2.24) is 4.90 Å². The van der Waals surface area contributed by atoms with Crippen molar-refractivity contribution in [1.29, 1.82) is 0 Å². The summed E-state index contributed by atoms with van der Waals surface area (Å²) in [5.74, 6) is 1.02. The van der Waals surface area contributed by atoms with E-state index in [0.717, 1.165) is 22.3 Å². The van der Waals surface area contributed by atoms with Crippen molar-refractivity contribution >= 4 is 21.7 Å². The van der Waals surface area contributed by atoms with Crippen LogP contribution < -0.4 is 4.74 Å². The molecule has 0 saturated heterocycles. The summed E-state index contributed by atoms with van der Waals surface area (Å²) >= 11 is 3.45. The van der Waals surface area contributed by atoms with Crippen LogP contribution in [-0.2, 0) is 11.2 Å². The minimum Gasteiger partial charge on any atom is -0.497 e. The van der Waals surface area contributed by atoms with Gasteiger partial charge in [0, 0.05) is 23.9 Å². The van der Waals surface area contributed by atoms with Gasteiger partial charge in [-0.25, -0.2) is 0 Å². The molecule has 0 fully saturated rings. The minimum absolute atomic E-state index is 0.243. The Morgan fingerprint density at radius 2 is 2.12 bits per heavy atom. The molecule has 0 aliphatic rings. The first-order chi connectivity index (χ1) is 8.02. The molecule has 0 radical (unpaired) electrons. The van der Waals surface area contributed by atoms with E-state index < -0.39 is 0 Å². The first-order valence-corrected chi connectivity index (χ1v) is 6.31. The number of methoxy groups -OCH3 is 1. The summed E-state index contributed by atoms with van der Waals surface area (Å²) < 4.78 is 6.10. The number of hydrogen-bond donors (Lipinski definition) is 0. The SMILES string of the molecule is COc1ccc(Br)c(CC(=O)CCN(C)C)c1. The van der Waals surface area contributed by atoms with Crippen molar-refractivity contribution < 1.29 is 9.53 Å². The Labute approximate surface area is 111 Å². The second-order valence-electron chi connectivity index (χ2n) is 4.23. The lowest BCUT2D eigenvalue weighted by atomic mass is 10.1. The molecule has 0 bridgehead atoms. The van der Waals surface area contributed by atoms with Gasteiger partial charge in [-0.1, -0.05) is 15.9 Å². The van der Waals surface area contributed by atoms with E-state index in [2.05, 4.69) is 15.9 Å². The lowest BCUT2D eigenvalue weighted by Gasteiger charge is -2.09.